The number of halogens is 5. The van der Waals surface area contributed by atoms with Crippen molar-refractivity contribution >= 4 is 29.2 Å². The quantitative estimate of drug-likeness (QED) is 0.251. The van der Waals surface area contributed by atoms with Gasteiger partial charge in [-0.05, 0) is 62.2 Å². The summed E-state index contributed by atoms with van der Waals surface area (Å²) in [6.07, 6.45) is 0. The molecule has 0 bridgehead atoms. The molecule has 0 spiro atoms. The second-order valence-corrected chi connectivity index (χ2v) is 9.61. The predicted octanol–water partition coefficient (Wildman–Crippen LogP) is 7.39. The highest BCUT2D eigenvalue weighted by Crippen LogP contribution is 2.36. The molecule has 0 aromatic heterocycles. The van der Waals surface area contributed by atoms with E-state index in [-0.39, 0.29) is 16.3 Å². The fourth-order valence-electron chi connectivity index (χ4n) is 3.52. The van der Waals surface area contributed by atoms with Gasteiger partial charge in [0.25, 0.3) is 11.8 Å². The zero-order valence-electron chi connectivity index (χ0n) is 20.0. The molecule has 0 heterocycles. The van der Waals surface area contributed by atoms with E-state index in [1.165, 1.54) is 30.3 Å². The van der Waals surface area contributed by atoms with Crippen LogP contribution in [0, 0.1) is 11.6 Å². The van der Waals surface area contributed by atoms with Crippen molar-refractivity contribution in [1.82, 2.24) is 0 Å². The van der Waals surface area contributed by atoms with E-state index in [4.69, 9.17) is 16.3 Å². The zero-order chi connectivity index (χ0) is 26.8. The van der Waals surface area contributed by atoms with E-state index in [0.29, 0.717) is 11.1 Å². The first-order chi connectivity index (χ1) is 16.7. The minimum Gasteiger partial charge on any atom is -0.459 e. The van der Waals surface area contributed by atoms with Crippen LogP contribution >= 0.6 is 11.6 Å². The molecular weight excluding hydrogens is 498 g/mol. The topological polar surface area (TPSA) is 46.6 Å². The highest BCUT2D eigenvalue weighted by Gasteiger charge is 2.29. The summed E-state index contributed by atoms with van der Waals surface area (Å²) >= 11 is 6.07. The number of anilines is 1. The van der Waals surface area contributed by atoms with Crippen LogP contribution in [0.5, 0.6) is 0 Å². The highest BCUT2D eigenvalue weighted by atomic mass is 35.5. The van der Waals surface area contributed by atoms with Crippen LogP contribution in [0.4, 0.5) is 23.2 Å². The smallest absolute Gasteiger partial charge is 0.326 e. The van der Waals surface area contributed by atoms with Crippen LogP contribution in [0.2, 0.25) is 5.02 Å². The van der Waals surface area contributed by atoms with Gasteiger partial charge in [-0.2, -0.15) is 0 Å². The van der Waals surface area contributed by atoms with Gasteiger partial charge in [-0.25, -0.2) is 17.6 Å². The number of esters is 1. The molecule has 0 aliphatic heterocycles. The third kappa shape index (κ3) is 6.43. The Bertz CT molecular complexity index is 1280. The van der Waals surface area contributed by atoms with Crippen LogP contribution in [-0.2, 0) is 15.5 Å². The maximum absolute atomic E-state index is 14.4. The molecule has 0 aliphatic rings. The van der Waals surface area contributed by atoms with E-state index in [2.05, 4.69) is 0 Å². The largest absolute Gasteiger partial charge is 0.459 e. The van der Waals surface area contributed by atoms with Crippen molar-refractivity contribution in [3.05, 3.63) is 88.4 Å². The predicted molar refractivity (Wildman–Crippen MR) is 130 cm³/mol. The van der Waals surface area contributed by atoms with E-state index < -0.39 is 47.1 Å². The fraction of sp³-hybridized carbons (Fsp3) is 0.259. The Hall–Kier alpha value is -3.39. The monoisotopic (exact) mass is 521 g/mol. The second kappa shape index (κ2) is 10.3. The third-order valence-electron chi connectivity index (χ3n) is 5.06. The lowest BCUT2D eigenvalue weighted by atomic mass is 10.0. The Labute approximate surface area is 211 Å². The summed E-state index contributed by atoms with van der Waals surface area (Å²) in [7, 11) is 0. The maximum Gasteiger partial charge on any atom is 0.326 e. The number of ether oxygens (including phenoxy) is 1. The van der Waals surface area contributed by atoms with Gasteiger partial charge in [0.1, 0.15) is 29.3 Å². The van der Waals surface area contributed by atoms with Crippen molar-refractivity contribution in [2.75, 3.05) is 11.4 Å². The molecule has 0 fully saturated rings. The zero-order valence-corrected chi connectivity index (χ0v) is 20.8. The summed E-state index contributed by atoms with van der Waals surface area (Å²) in [4.78, 5) is 26.8. The number of amides is 1. The first-order valence-electron chi connectivity index (χ1n) is 10.9. The molecule has 36 heavy (non-hydrogen) atoms. The number of rotatable bonds is 6. The van der Waals surface area contributed by atoms with E-state index in [0.717, 1.165) is 30.0 Å². The highest BCUT2D eigenvalue weighted by molar-refractivity contribution is 6.31. The number of hydrogen-bond donors (Lipinski definition) is 0. The molecule has 0 aliphatic carbocycles. The molecule has 3 aromatic rings. The number of nitrogens with zero attached hydrogens (tertiary/aromatic N) is 1. The standard InChI is InChI=1S/C27H24ClF4NO3/c1-26(2,3)36-23(34)15-33(25(35)24-21(29)9-6-10-22(24)30)18-8-5-7-16(13-18)17-11-12-19(20(28)14-17)27(4,31)32/h5-14H,15H2,1-4H3. The van der Waals surface area contributed by atoms with Gasteiger partial charge in [0.2, 0.25) is 0 Å². The number of benzene rings is 3. The third-order valence-corrected chi connectivity index (χ3v) is 5.37. The van der Waals surface area contributed by atoms with E-state index in [1.807, 2.05) is 0 Å². The first-order valence-corrected chi connectivity index (χ1v) is 11.3. The van der Waals surface area contributed by atoms with Crippen LogP contribution in [0.1, 0.15) is 43.6 Å². The molecule has 1 amide bonds. The van der Waals surface area contributed by atoms with Crippen molar-refractivity contribution in [2.45, 2.75) is 39.2 Å². The van der Waals surface area contributed by atoms with Crippen molar-refractivity contribution in [2.24, 2.45) is 0 Å². The van der Waals surface area contributed by atoms with Crippen molar-refractivity contribution in [3.63, 3.8) is 0 Å². The van der Waals surface area contributed by atoms with Gasteiger partial charge < -0.3 is 4.74 Å². The molecule has 3 rings (SSSR count). The Morgan fingerprint density at radius 3 is 2.03 bits per heavy atom. The molecule has 4 nitrogen and oxygen atoms in total. The van der Waals surface area contributed by atoms with E-state index >= 15 is 0 Å². The number of carbonyl (C=O) groups excluding carboxylic acids is 2. The SMILES string of the molecule is CC(C)(C)OC(=O)CN(C(=O)c1c(F)cccc1F)c1cccc(-c2ccc(C(C)(F)F)c(Cl)c2)c1. The summed E-state index contributed by atoms with van der Waals surface area (Å²) in [5.41, 5.74) is -0.985. The van der Waals surface area contributed by atoms with Crippen molar-refractivity contribution < 1.29 is 31.9 Å². The average Bonchev–Trinajstić information content (AvgIpc) is 2.75. The molecule has 0 N–H and O–H groups in total. The first kappa shape index (κ1) is 27.2. The lowest BCUT2D eigenvalue weighted by molar-refractivity contribution is -0.152. The summed E-state index contributed by atoms with van der Waals surface area (Å²) in [5.74, 6) is -7.21. The average molecular weight is 522 g/mol. The van der Waals surface area contributed by atoms with Crippen LogP contribution in [0.15, 0.2) is 60.7 Å². The number of hydrogen-bond acceptors (Lipinski definition) is 3. The molecule has 190 valence electrons. The summed E-state index contributed by atoms with van der Waals surface area (Å²) < 4.78 is 61.6. The van der Waals surface area contributed by atoms with Gasteiger partial charge in [0.05, 0.1) is 5.02 Å². The van der Waals surface area contributed by atoms with Crippen molar-refractivity contribution in [3.8, 4) is 11.1 Å². The summed E-state index contributed by atoms with van der Waals surface area (Å²) in [6, 6.07) is 13.1. The number of alkyl halides is 2. The maximum atomic E-state index is 14.4. The lowest BCUT2D eigenvalue weighted by Crippen LogP contribution is -2.39. The molecule has 0 unspecified atom stereocenters. The Balaban J connectivity index is 2.06. The molecule has 0 atom stereocenters. The van der Waals surface area contributed by atoms with Crippen LogP contribution < -0.4 is 4.90 Å². The Morgan fingerprint density at radius 1 is 0.889 bits per heavy atom. The molecule has 0 radical (unpaired) electrons. The van der Waals surface area contributed by atoms with Gasteiger partial charge >= 0.3 is 5.97 Å². The normalized spacial score (nSPS) is 11.8. The van der Waals surface area contributed by atoms with E-state index in [1.54, 1.807) is 32.9 Å². The second-order valence-electron chi connectivity index (χ2n) is 9.21. The number of carbonyl (C=O) groups is 2. The molecular formula is C27H24ClF4NO3. The Kier molecular flexibility index (Phi) is 7.79. The van der Waals surface area contributed by atoms with Crippen molar-refractivity contribution in [1.29, 1.82) is 0 Å². The minimum absolute atomic E-state index is 0.132. The van der Waals surface area contributed by atoms with E-state index in [9.17, 15) is 27.2 Å². The van der Waals surface area contributed by atoms with Crippen LogP contribution in [0.3, 0.4) is 0 Å². The lowest BCUT2D eigenvalue weighted by Gasteiger charge is -2.26. The van der Waals surface area contributed by atoms with Crippen LogP contribution in [0.25, 0.3) is 11.1 Å². The molecule has 9 heteroatoms. The Morgan fingerprint density at radius 2 is 1.47 bits per heavy atom. The molecule has 0 saturated carbocycles. The molecule has 3 aromatic carbocycles. The van der Waals surface area contributed by atoms with Gasteiger partial charge in [-0.15, -0.1) is 0 Å². The summed E-state index contributed by atoms with van der Waals surface area (Å²) in [5, 5.41) is -0.152. The molecule has 0 saturated heterocycles. The van der Waals surface area contributed by atoms with Crippen LogP contribution in [-0.4, -0.2) is 24.0 Å². The van der Waals surface area contributed by atoms with Gasteiger partial charge in [0, 0.05) is 18.2 Å². The van der Waals surface area contributed by atoms with Gasteiger partial charge in [-0.3, -0.25) is 14.5 Å². The summed E-state index contributed by atoms with van der Waals surface area (Å²) in [6.45, 7) is 5.02. The van der Waals surface area contributed by atoms with Gasteiger partial charge in [0.15, 0.2) is 0 Å². The van der Waals surface area contributed by atoms with Gasteiger partial charge in [-0.1, -0.05) is 41.9 Å². The fourth-order valence-corrected chi connectivity index (χ4v) is 3.87. The minimum atomic E-state index is -3.14.